The van der Waals surface area contributed by atoms with E-state index in [4.69, 9.17) is 0 Å². The smallest absolute Gasteiger partial charge is 0.345 e. The Kier molecular flexibility index (Phi) is 2.96. The lowest BCUT2D eigenvalue weighted by Crippen LogP contribution is -2.38. The van der Waals surface area contributed by atoms with Crippen LogP contribution in [0.3, 0.4) is 0 Å². The Bertz CT molecular complexity index is 723. The third-order valence-electron chi connectivity index (χ3n) is 3.46. The number of fused-ring (bicyclic) bond motifs is 1. The van der Waals surface area contributed by atoms with E-state index in [2.05, 4.69) is 20.6 Å². The Hall–Kier alpha value is -2.32. The number of hydrogen-bond donors (Lipinski definition) is 1. The first-order valence-corrected chi connectivity index (χ1v) is 6.30. The predicted octanol–water partition coefficient (Wildman–Crippen LogP) is -0.557. The van der Waals surface area contributed by atoms with E-state index in [1.807, 2.05) is 0 Å². The average Bonchev–Trinajstić information content (AvgIpc) is 3.01. The molecule has 20 heavy (non-hydrogen) atoms. The maximum atomic E-state index is 13.5. The molecule has 1 aliphatic carbocycles. The fourth-order valence-corrected chi connectivity index (χ4v) is 2.36. The van der Waals surface area contributed by atoms with Crippen LogP contribution in [0.2, 0.25) is 0 Å². The van der Waals surface area contributed by atoms with Crippen molar-refractivity contribution in [2.24, 2.45) is 7.05 Å². The third-order valence-corrected chi connectivity index (χ3v) is 3.46. The number of alkyl halides is 1. The van der Waals surface area contributed by atoms with E-state index >= 15 is 0 Å². The monoisotopic (exact) mass is 280 g/mol. The number of nitrogens with zero attached hydrogens (tertiary/aromatic N) is 5. The Morgan fingerprint density at radius 2 is 2.30 bits per heavy atom. The zero-order valence-corrected chi connectivity index (χ0v) is 10.8. The fraction of sp³-hybridized carbons (Fsp3) is 0.545. The molecule has 0 spiro atoms. The van der Waals surface area contributed by atoms with Crippen molar-refractivity contribution in [3.8, 4) is 0 Å². The largest absolute Gasteiger partial charge is 0.352 e. The van der Waals surface area contributed by atoms with Crippen molar-refractivity contribution in [2.45, 2.75) is 31.5 Å². The van der Waals surface area contributed by atoms with E-state index in [-0.39, 0.29) is 11.3 Å². The van der Waals surface area contributed by atoms with Crippen LogP contribution in [0.4, 0.5) is 4.39 Å². The van der Waals surface area contributed by atoms with Crippen LogP contribution in [0.1, 0.15) is 29.8 Å². The van der Waals surface area contributed by atoms with Crippen molar-refractivity contribution in [1.82, 2.24) is 29.7 Å². The fourth-order valence-electron chi connectivity index (χ4n) is 2.36. The first-order chi connectivity index (χ1) is 9.58. The second kappa shape index (κ2) is 4.66. The van der Waals surface area contributed by atoms with Crippen molar-refractivity contribution in [1.29, 1.82) is 0 Å². The summed E-state index contributed by atoms with van der Waals surface area (Å²) in [5.41, 5.74) is -0.404. The lowest BCUT2D eigenvalue weighted by molar-refractivity contribution is 0.0916. The summed E-state index contributed by atoms with van der Waals surface area (Å²) >= 11 is 0. The van der Waals surface area contributed by atoms with Gasteiger partial charge in [0.2, 0.25) is 0 Å². The lowest BCUT2D eigenvalue weighted by Gasteiger charge is -2.13. The van der Waals surface area contributed by atoms with Crippen LogP contribution in [-0.4, -0.2) is 42.5 Å². The van der Waals surface area contributed by atoms with Crippen molar-refractivity contribution < 1.29 is 9.18 Å². The van der Waals surface area contributed by atoms with E-state index in [9.17, 15) is 14.0 Å². The Morgan fingerprint density at radius 1 is 1.50 bits per heavy atom. The topological polar surface area (TPSA) is 94.2 Å². The molecule has 8 nitrogen and oxygen atoms in total. The highest BCUT2D eigenvalue weighted by atomic mass is 19.1. The molecule has 1 fully saturated rings. The molecular formula is C11H13FN6O2. The SMILES string of the molecule is Cn1nnc2c(C(=O)NC3CCCC3F)ncn2c1=O. The molecule has 9 heteroatoms. The number of hydrogen-bond acceptors (Lipinski definition) is 5. The summed E-state index contributed by atoms with van der Waals surface area (Å²) in [5, 5.41) is 9.97. The van der Waals surface area contributed by atoms with Crippen LogP contribution in [-0.2, 0) is 7.05 Å². The number of aryl methyl sites for hydroxylation is 1. The van der Waals surface area contributed by atoms with Crippen LogP contribution in [0.25, 0.3) is 5.65 Å². The minimum absolute atomic E-state index is 0.0192. The van der Waals surface area contributed by atoms with Crippen molar-refractivity contribution in [3.05, 3.63) is 22.5 Å². The minimum Gasteiger partial charge on any atom is -0.345 e. The lowest BCUT2D eigenvalue weighted by atomic mass is 10.2. The molecule has 1 amide bonds. The highest BCUT2D eigenvalue weighted by molar-refractivity contribution is 5.98. The van der Waals surface area contributed by atoms with Crippen LogP contribution in [0.5, 0.6) is 0 Å². The van der Waals surface area contributed by atoms with E-state index in [1.165, 1.54) is 13.4 Å². The first-order valence-electron chi connectivity index (χ1n) is 6.30. The number of rotatable bonds is 2. The molecule has 3 rings (SSSR count). The molecule has 2 aromatic rings. The second-order valence-electron chi connectivity index (χ2n) is 4.81. The van der Waals surface area contributed by atoms with Crippen molar-refractivity contribution in [2.75, 3.05) is 0 Å². The van der Waals surface area contributed by atoms with Gasteiger partial charge in [0.15, 0.2) is 11.3 Å². The number of nitrogens with one attached hydrogen (secondary N) is 1. The van der Waals surface area contributed by atoms with Crippen LogP contribution < -0.4 is 11.0 Å². The standard InChI is InChI=1S/C11H13FN6O2/c1-17-11(20)18-5-13-8(9(18)15-16-17)10(19)14-7-4-2-3-6(7)12/h5-7H,2-4H2,1H3,(H,14,19). The predicted molar refractivity (Wildman–Crippen MR) is 66.0 cm³/mol. The molecular weight excluding hydrogens is 267 g/mol. The molecule has 0 bridgehead atoms. The molecule has 2 heterocycles. The summed E-state index contributed by atoms with van der Waals surface area (Å²) in [7, 11) is 1.45. The van der Waals surface area contributed by atoms with Crippen molar-refractivity contribution >= 4 is 11.6 Å². The van der Waals surface area contributed by atoms with Gasteiger partial charge in [0.05, 0.1) is 6.04 Å². The number of halogens is 1. The molecule has 0 saturated heterocycles. The zero-order chi connectivity index (χ0) is 14.3. The molecule has 1 N–H and O–H groups in total. The quantitative estimate of drug-likeness (QED) is 0.796. The van der Waals surface area contributed by atoms with Gasteiger partial charge in [0.1, 0.15) is 12.5 Å². The number of carbonyl (C=O) groups excluding carboxylic acids is 1. The molecule has 106 valence electrons. The molecule has 0 radical (unpaired) electrons. The van der Waals surface area contributed by atoms with E-state index < -0.39 is 23.8 Å². The molecule has 2 atom stereocenters. The minimum atomic E-state index is -1.04. The maximum absolute atomic E-state index is 13.5. The van der Waals surface area contributed by atoms with Gasteiger partial charge in [-0.25, -0.2) is 18.6 Å². The van der Waals surface area contributed by atoms with Crippen LogP contribution in [0, 0.1) is 0 Å². The maximum Gasteiger partial charge on any atom is 0.352 e. The van der Waals surface area contributed by atoms with Gasteiger partial charge in [-0.1, -0.05) is 5.21 Å². The van der Waals surface area contributed by atoms with Crippen molar-refractivity contribution in [3.63, 3.8) is 0 Å². The summed E-state index contributed by atoms with van der Waals surface area (Å²) in [6, 6.07) is -0.501. The number of amides is 1. The van der Waals surface area contributed by atoms with Crippen LogP contribution in [0.15, 0.2) is 11.1 Å². The Balaban J connectivity index is 1.92. The summed E-state index contributed by atoms with van der Waals surface area (Å²) in [6.45, 7) is 0. The van der Waals surface area contributed by atoms with Gasteiger partial charge in [-0.3, -0.25) is 4.79 Å². The summed E-state index contributed by atoms with van der Waals surface area (Å²) in [6.07, 6.45) is 1.98. The van der Waals surface area contributed by atoms with E-state index in [1.54, 1.807) is 0 Å². The van der Waals surface area contributed by atoms with Gasteiger partial charge in [-0.05, 0) is 19.3 Å². The van der Waals surface area contributed by atoms with Crippen LogP contribution >= 0.6 is 0 Å². The Labute approximate surface area is 112 Å². The number of carbonyl (C=O) groups is 1. The average molecular weight is 280 g/mol. The third kappa shape index (κ3) is 1.95. The first kappa shape index (κ1) is 12.7. The second-order valence-corrected chi connectivity index (χ2v) is 4.81. The molecule has 0 aromatic carbocycles. The Morgan fingerprint density at radius 3 is 3.00 bits per heavy atom. The zero-order valence-electron chi connectivity index (χ0n) is 10.8. The highest BCUT2D eigenvalue weighted by Gasteiger charge is 2.29. The van der Waals surface area contributed by atoms with Gasteiger partial charge >= 0.3 is 5.69 Å². The molecule has 1 saturated carbocycles. The molecule has 2 aromatic heterocycles. The van der Waals surface area contributed by atoms with Gasteiger partial charge in [-0.15, -0.1) is 5.10 Å². The van der Waals surface area contributed by atoms with Gasteiger partial charge in [0.25, 0.3) is 5.91 Å². The van der Waals surface area contributed by atoms with E-state index in [0.717, 1.165) is 15.5 Å². The normalized spacial score (nSPS) is 22.3. The van der Waals surface area contributed by atoms with Gasteiger partial charge < -0.3 is 5.32 Å². The summed E-state index contributed by atoms with van der Waals surface area (Å²) in [5.74, 6) is -0.537. The number of aromatic nitrogens is 5. The van der Waals surface area contributed by atoms with E-state index in [0.29, 0.717) is 12.8 Å². The van der Waals surface area contributed by atoms with Gasteiger partial charge in [-0.2, -0.15) is 4.68 Å². The number of imidazole rings is 1. The molecule has 1 aliphatic rings. The molecule has 2 unspecified atom stereocenters. The summed E-state index contributed by atoms with van der Waals surface area (Å²) < 4.78 is 15.7. The molecule has 0 aliphatic heterocycles. The van der Waals surface area contributed by atoms with Gasteiger partial charge in [0, 0.05) is 7.05 Å². The summed E-state index contributed by atoms with van der Waals surface area (Å²) in [4.78, 5) is 27.7. The highest BCUT2D eigenvalue weighted by Crippen LogP contribution is 2.22.